The SMILES string of the molecule is COc1cc(-c2noc(-c3cc(OC)c(OC)c(OC)c3)n2)ccc1OCC(=O)O. The quantitative estimate of drug-likeness (QED) is 0.557. The molecule has 0 spiro atoms. The van der Waals surface area contributed by atoms with Gasteiger partial charge < -0.3 is 33.3 Å². The number of rotatable bonds is 9. The third-order valence-electron chi connectivity index (χ3n) is 4.11. The average molecular weight is 416 g/mol. The van der Waals surface area contributed by atoms with Crippen molar-refractivity contribution in [3.05, 3.63) is 30.3 Å². The number of ether oxygens (including phenoxy) is 5. The second-order valence-electron chi connectivity index (χ2n) is 5.89. The maximum atomic E-state index is 10.7. The Hall–Kier alpha value is -3.95. The van der Waals surface area contributed by atoms with Gasteiger partial charge in [-0.15, -0.1) is 0 Å². The van der Waals surface area contributed by atoms with Crippen LogP contribution in [0.25, 0.3) is 22.8 Å². The number of carbonyl (C=O) groups is 1. The normalized spacial score (nSPS) is 10.4. The number of methoxy groups -OCH3 is 4. The van der Waals surface area contributed by atoms with E-state index >= 15 is 0 Å². The van der Waals surface area contributed by atoms with E-state index in [4.69, 9.17) is 33.3 Å². The van der Waals surface area contributed by atoms with Crippen LogP contribution in [0.2, 0.25) is 0 Å². The van der Waals surface area contributed by atoms with E-state index in [-0.39, 0.29) is 11.6 Å². The average Bonchev–Trinajstić information content (AvgIpc) is 3.26. The molecule has 0 saturated heterocycles. The third-order valence-corrected chi connectivity index (χ3v) is 4.11. The number of carboxylic acid groups (broad SMARTS) is 1. The molecule has 0 radical (unpaired) electrons. The molecule has 3 aromatic rings. The zero-order valence-corrected chi connectivity index (χ0v) is 16.8. The minimum absolute atomic E-state index is 0.245. The summed E-state index contributed by atoms with van der Waals surface area (Å²) in [7, 11) is 5.99. The summed E-state index contributed by atoms with van der Waals surface area (Å²) in [6.45, 7) is -0.483. The largest absolute Gasteiger partial charge is 0.493 e. The fourth-order valence-corrected chi connectivity index (χ4v) is 2.73. The topological polar surface area (TPSA) is 122 Å². The van der Waals surface area contributed by atoms with Crippen LogP contribution in [-0.2, 0) is 4.79 Å². The van der Waals surface area contributed by atoms with Crippen LogP contribution in [0.1, 0.15) is 0 Å². The summed E-state index contributed by atoms with van der Waals surface area (Å²) in [6.07, 6.45) is 0. The van der Waals surface area contributed by atoms with Gasteiger partial charge in [0.05, 0.1) is 28.4 Å². The van der Waals surface area contributed by atoms with Crippen molar-refractivity contribution in [2.24, 2.45) is 0 Å². The second-order valence-corrected chi connectivity index (χ2v) is 5.89. The van der Waals surface area contributed by atoms with E-state index in [9.17, 15) is 4.79 Å². The fourth-order valence-electron chi connectivity index (χ4n) is 2.73. The van der Waals surface area contributed by atoms with E-state index in [1.165, 1.54) is 28.4 Å². The summed E-state index contributed by atoms with van der Waals surface area (Å²) in [4.78, 5) is 15.1. The highest BCUT2D eigenvalue weighted by Crippen LogP contribution is 2.41. The molecule has 0 amide bonds. The molecule has 1 N–H and O–H groups in total. The molecule has 30 heavy (non-hydrogen) atoms. The van der Waals surface area contributed by atoms with Crippen molar-refractivity contribution < 1.29 is 38.1 Å². The van der Waals surface area contributed by atoms with Crippen molar-refractivity contribution in [3.8, 4) is 51.6 Å². The molecule has 0 aliphatic heterocycles. The zero-order valence-electron chi connectivity index (χ0n) is 16.8. The van der Waals surface area contributed by atoms with Gasteiger partial charge in [0.25, 0.3) is 5.89 Å². The highest BCUT2D eigenvalue weighted by molar-refractivity contribution is 5.70. The third kappa shape index (κ3) is 4.22. The molecule has 0 aliphatic carbocycles. The van der Waals surface area contributed by atoms with E-state index in [1.807, 2.05) is 0 Å². The molecule has 10 nitrogen and oxygen atoms in total. The van der Waals surface area contributed by atoms with Crippen LogP contribution in [0.4, 0.5) is 0 Å². The predicted molar refractivity (Wildman–Crippen MR) is 105 cm³/mol. The fraction of sp³-hybridized carbons (Fsp3) is 0.250. The highest BCUT2D eigenvalue weighted by atomic mass is 16.5. The molecule has 0 aliphatic rings. The first-order chi connectivity index (χ1) is 14.5. The van der Waals surface area contributed by atoms with E-state index in [1.54, 1.807) is 30.3 Å². The smallest absolute Gasteiger partial charge is 0.341 e. The van der Waals surface area contributed by atoms with Crippen molar-refractivity contribution >= 4 is 5.97 Å². The number of aliphatic carboxylic acids is 1. The van der Waals surface area contributed by atoms with Crippen LogP contribution < -0.4 is 23.7 Å². The zero-order chi connectivity index (χ0) is 21.7. The minimum atomic E-state index is -1.09. The van der Waals surface area contributed by atoms with E-state index in [2.05, 4.69) is 10.1 Å². The lowest BCUT2D eigenvalue weighted by atomic mass is 10.1. The Labute approximate surface area is 171 Å². The molecular formula is C20H20N2O8. The molecular weight excluding hydrogens is 396 g/mol. The van der Waals surface area contributed by atoms with Gasteiger partial charge in [0, 0.05) is 11.1 Å². The van der Waals surface area contributed by atoms with Gasteiger partial charge in [-0.3, -0.25) is 0 Å². The van der Waals surface area contributed by atoms with Gasteiger partial charge in [0.1, 0.15) is 0 Å². The Kier molecular flexibility index (Phi) is 6.26. The highest BCUT2D eigenvalue weighted by Gasteiger charge is 2.19. The van der Waals surface area contributed by atoms with Gasteiger partial charge in [-0.1, -0.05) is 5.16 Å². The first-order valence-electron chi connectivity index (χ1n) is 8.67. The van der Waals surface area contributed by atoms with Gasteiger partial charge in [0.2, 0.25) is 11.6 Å². The molecule has 158 valence electrons. The molecule has 0 atom stereocenters. The number of carboxylic acids is 1. The first kappa shape index (κ1) is 20.8. The summed E-state index contributed by atoms with van der Waals surface area (Å²) in [5, 5.41) is 12.8. The standard InChI is InChI=1S/C20H20N2O8/c1-25-14-7-11(5-6-13(14)29-10-17(23)24)19-21-20(30-22-19)12-8-15(26-2)18(28-4)16(9-12)27-3/h5-9H,10H2,1-4H3,(H,23,24). The van der Waals surface area contributed by atoms with Crippen LogP contribution in [0.15, 0.2) is 34.9 Å². The van der Waals surface area contributed by atoms with E-state index in [0.717, 1.165) is 0 Å². The van der Waals surface area contributed by atoms with Gasteiger partial charge >= 0.3 is 5.97 Å². The Morgan fingerprint density at radius 2 is 1.53 bits per heavy atom. The molecule has 1 aromatic heterocycles. The molecule has 10 heteroatoms. The van der Waals surface area contributed by atoms with Gasteiger partial charge in [-0.2, -0.15) is 4.98 Å². The lowest BCUT2D eigenvalue weighted by molar-refractivity contribution is -0.139. The molecule has 2 aromatic carbocycles. The molecule has 0 unspecified atom stereocenters. The van der Waals surface area contributed by atoms with Crippen molar-refractivity contribution in [2.45, 2.75) is 0 Å². The Bertz CT molecular complexity index is 1020. The van der Waals surface area contributed by atoms with Crippen LogP contribution in [0, 0.1) is 0 Å². The Morgan fingerprint density at radius 3 is 2.10 bits per heavy atom. The van der Waals surface area contributed by atoms with Crippen molar-refractivity contribution in [3.63, 3.8) is 0 Å². The van der Waals surface area contributed by atoms with E-state index in [0.29, 0.717) is 39.9 Å². The van der Waals surface area contributed by atoms with E-state index < -0.39 is 12.6 Å². The molecule has 3 rings (SSSR count). The summed E-state index contributed by atoms with van der Waals surface area (Å²) in [5.74, 6) is 1.45. The molecule has 0 fully saturated rings. The van der Waals surface area contributed by atoms with Crippen LogP contribution in [-0.4, -0.2) is 56.3 Å². The minimum Gasteiger partial charge on any atom is -0.493 e. The van der Waals surface area contributed by atoms with Crippen molar-refractivity contribution in [2.75, 3.05) is 35.0 Å². The van der Waals surface area contributed by atoms with Crippen molar-refractivity contribution in [1.29, 1.82) is 0 Å². The molecule has 1 heterocycles. The maximum absolute atomic E-state index is 10.7. The van der Waals surface area contributed by atoms with Crippen LogP contribution in [0.3, 0.4) is 0 Å². The number of benzene rings is 2. The number of aromatic nitrogens is 2. The predicted octanol–water partition coefficient (Wildman–Crippen LogP) is 2.90. The molecule has 0 bridgehead atoms. The summed E-state index contributed by atoms with van der Waals surface area (Å²) < 4.78 is 31.9. The first-order valence-corrected chi connectivity index (χ1v) is 8.67. The molecule has 0 saturated carbocycles. The number of hydrogen-bond acceptors (Lipinski definition) is 9. The Balaban J connectivity index is 1.94. The summed E-state index contributed by atoms with van der Waals surface area (Å²) in [6, 6.07) is 8.27. The summed E-state index contributed by atoms with van der Waals surface area (Å²) in [5.41, 5.74) is 1.17. The Morgan fingerprint density at radius 1 is 0.900 bits per heavy atom. The number of hydrogen-bond donors (Lipinski definition) is 1. The maximum Gasteiger partial charge on any atom is 0.341 e. The monoisotopic (exact) mass is 416 g/mol. The van der Waals surface area contributed by atoms with Gasteiger partial charge in [0.15, 0.2) is 29.6 Å². The number of nitrogens with zero attached hydrogens (tertiary/aromatic N) is 2. The van der Waals surface area contributed by atoms with Gasteiger partial charge in [-0.05, 0) is 30.3 Å². The lowest BCUT2D eigenvalue weighted by Crippen LogP contribution is -2.10. The second kappa shape index (κ2) is 9.03. The summed E-state index contributed by atoms with van der Waals surface area (Å²) >= 11 is 0. The van der Waals surface area contributed by atoms with Crippen LogP contribution >= 0.6 is 0 Å². The van der Waals surface area contributed by atoms with Crippen LogP contribution in [0.5, 0.6) is 28.7 Å². The lowest BCUT2D eigenvalue weighted by Gasteiger charge is -2.12. The van der Waals surface area contributed by atoms with Gasteiger partial charge in [-0.25, -0.2) is 4.79 Å². The van der Waals surface area contributed by atoms with Crippen molar-refractivity contribution in [1.82, 2.24) is 10.1 Å².